The summed E-state index contributed by atoms with van der Waals surface area (Å²) >= 11 is 0. The maximum atomic E-state index is 13.9. The topological polar surface area (TPSA) is 86.1 Å². The van der Waals surface area contributed by atoms with E-state index >= 15 is 0 Å². The first-order valence-corrected chi connectivity index (χ1v) is 9.56. The zero-order chi connectivity index (χ0) is 17.2. The predicted molar refractivity (Wildman–Crippen MR) is 85.0 cm³/mol. The Morgan fingerprint density at radius 2 is 2.12 bits per heavy atom. The van der Waals surface area contributed by atoms with Crippen LogP contribution in [0.15, 0.2) is 29.4 Å². The van der Waals surface area contributed by atoms with Crippen molar-refractivity contribution in [3.8, 4) is 5.75 Å². The number of aromatic nitrogens is 3. The summed E-state index contributed by atoms with van der Waals surface area (Å²) in [4.78, 5) is 4.10. The number of piperidine rings is 1. The molecule has 0 saturated carbocycles. The van der Waals surface area contributed by atoms with E-state index in [-0.39, 0.29) is 17.3 Å². The van der Waals surface area contributed by atoms with E-state index in [0.29, 0.717) is 11.9 Å². The van der Waals surface area contributed by atoms with E-state index in [1.54, 1.807) is 6.33 Å². The molecule has 0 atom stereocenters. The number of halogens is 1. The van der Waals surface area contributed by atoms with E-state index < -0.39 is 15.7 Å². The van der Waals surface area contributed by atoms with Gasteiger partial charge in [0.15, 0.2) is 27.2 Å². The van der Waals surface area contributed by atoms with Crippen LogP contribution in [0.3, 0.4) is 0 Å². The van der Waals surface area contributed by atoms with Gasteiger partial charge >= 0.3 is 0 Å². The summed E-state index contributed by atoms with van der Waals surface area (Å²) in [7, 11) is -3.45. The first-order chi connectivity index (χ1) is 11.4. The van der Waals surface area contributed by atoms with Gasteiger partial charge in [-0.05, 0) is 44.1 Å². The Kier molecular flexibility index (Phi) is 4.81. The number of benzene rings is 1. The zero-order valence-electron chi connectivity index (χ0n) is 13.3. The van der Waals surface area contributed by atoms with Crippen molar-refractivity contribution in [2.45, 2.75) is 30.4 Å². The van der Waals surface area contributed by atoms with Gasteiger partial charge in [-0.1, -0.05) is 0 Å². The molecule has 0 amide bonds. The highest BCUT2D eigenvalue weighted by Crippen LogP contribution is 2.22. The fraction of sp³-hybridized carbons (Fsp3) is 0.467. The molecule has 1 fully saturated rings. The summed E-state index contributed by atoms with van der Waals surface area (Å²) < 4.78 is 43.9. The van der Waals surface area contributed by atoms with Crippen molar-refractivity contribution in [3.63, 3.8) is 0 Å². The number of ether oxygens (including phenoxy) is 1. The molecular formula is C15H19FN4O3S. The Hall–Kier alpha value is -2.00. The molecule has 0 radical (unpaired) electrons. The fourth-order valence-corrected chi connectivity index (χ4v) is 3.23. The number of hydrogen-bond acceptors (Lipinski definition) is 6. The number of hydrogen-bond donors (Lipinski definition) is 1. The first kappa shape index (κ1) is 16.8. The lowest BCUT2D eigenvalue weighted by Gasteiger charge is -2.22. The third-order valence-electron chi connectivity index (χ3n) is 3.93. The van der Waals surface area contributed by atoms with Crippen molar-refractivity contribution in [2.24, 2.45) is 0 Å². The minimum atomic E-state index is -3.45. The molecule has 0 aliphatic carbocycles. The number of nitrogens with one attached hydrogen (secondary N) is 1. The van der Waals surface area contributed by atoms with Crippen LogP contribution in [0.5, 0.6) is 5.75 Å². The molecule has 2 aromatic rings. The minimum absolute atomic E-state index is 0.0209. The molecule has 7 nitrogen and oxygen atoms in total. The largest absolute Gasteiger partial charge is 0.482 e. The zero-order valence-corrected chi connectivity index (χ0v) is 14.1. The molecule has 1 aromatic carbocycles. The van der Waals surface area contributed by atoms with Crippen LogP contribution in [0.25, 0.3) is 0 Å². The third kappa shape index (κ3) is 3.90. The Morgan fingerprint density at radius 3 is 2.79 bits per heavy atom. The van der Waals surface area contributed by atoms with E-state index in [2.05, 4.69) is 15.4 Å². The maximum absolute atomic E-state index is 13.9. The van der Waals surface area contributed by atoms with Crippen molar-refractivity contribution >= 4 is 9.84 Å². The molecule has 0 bridgehead atoms. The van der Waals surface area contributed by atoms with Gasteiger partial charge in [-0.25, -0.2) is 22.5 Å². The average Bonchev–Trinajstić information content (AvgIpc) is 3.02. The van der Waals surface area contributed by atoms with Crippen LogP contribution < -0.4 is 10.1 Å². The smallest absolute Gasteiger partial charge is 0.188 e. The number of rotatable bonds is 5. The van der Waals surface area contributed by atoms with Crippen molar-refractivity contribution in [3.05, 3.63) is 36.2 Å². The van der Waals surface area contributed by atoms with Crippen LogP contribution in [0.4, 0.5) is 4.39 Å². The van der Waals surface area contributed by atoms with Crippen LogP contribution in [0.1, 0.15) is 24.7 Å². The summed E-state index contributed by atoms with van der Waals surface area (Å²) in [6.07, 6.45) is 4.67. The molecule has 24 heavy (non-hydrogen) atoms. The van der Waals surface area contributed by atoms with Crippen molar-refractivity contribution in [2.75, 3.05) is 19.3 Å². The quantitative estimate of drug-likeness (QED) is 0.872. The molecule has 1 N–H and O–H groups in total. The van der Waals surface area contributed by atoms with Gasteiger partial charge < -0.3 is 10.1 Å². The summed E-state index contributed by atoms with van der Waals surface area (Å²) in [6.45, 7) is 1.93. The van der Waals surface area contributed by atoms with E-state index in [1.807, 2.05) is 4.68 Å². The molecular weight excluding hydrogens is 335 g/mol. The summed E-state index contributed by atoms with van der Waals surface area (Å²) in [5, 5.41) is 7.66. The second-order valence-corrected chi connectivity index (χ2v) is 7.79. The van der Waals surface area contributed by atoms with Gasteiger partial charge in [0, 0.05) is 6.26 Å². The van der Waals surface area contributed by atoms with E-state index in [9.17, 15) is 12.8 Å². The molecule has 1 saturated heterocycles. The van der Waals surface area contributed by atoms with Gasteiger partial charge in [0.1, 0.15) is 12.9 Å². The summed E-state index contributed by atoms with van der Waals surface area (Å²) in [5.74, 6) is -0.295. The molecule has 1 aromatic heterocycles. The van der Waals surface area contributed by atoms with E-state index in [0.717, 1.165) is 38.3 Å². The number of nitrogens with zero attached hydrogens (tertiary/aromatic N) is 3. The first-order valence-electron chi connectivity index (χ1n) is 7.66. The lowest BCUT2D eigenvalue weighted by molar-refractivity contribution is 0.276. The molecule has 1 aliphatic heterocycles. The number of sulfone groups is 1. The Bertz CT molecular complexity index is 816. The summed E-state index contributed by atoms with van der Waals surface area (Å²) in [6, 6.07) is 3.88. The lowest BCUT2D eigenvalue weighted by Crippen LogP contribution is -2.29. The Labute approximate surface area is 139 Å². The predicted octanol–water partition coefficient (Wildman–Crippen LogP) is 1.32. The van der Waals surface area contributed by atoms with Crippen LogP contribution in [0, 0.1) is 5.82 Å². The van der Waals surface area contributed by atoms with Gasteiger partial charge in [0.05, 0.1) is 10.9 Å². The monoisotopic (exact) mass is 354 g/mol. The second-order valence-electron chi connectivity index (χ2n) is 5.78. The Morgan fingerprint density at radius 1 is 1.38 bits per heavy atom. The van der Waals surface area contributed by atoms with Crippen molar-refractivity contribution in [1.82, 2.24) is 20.1 Å². The molecule has 0 spiro atoms. The van der Waals surface area contributed by atoms with Crippen LogP contribution in [-0.4, -0.2) is 42.5 Å². The average molecular weight is 354 g/mol. The van der Waals surface area contributed by atoms with Gasteiger partial charge in [-0.15, -0.1) is 0 Å². The van der Waals surface area contributed by atoms with Crippen LogP contribution >= 0.6 is 0 Å². The lowest BCUT2D eigenvalue weighted by atomic mass is 10.1. The molecule has 3 rings (SSSR count). The summed E-state index contributed by atoms with van der Waals surface area (Å²) in [5.41, 5.74) is 0. The second kappa shape index (κ2) is 6.86. The van der Waals surface area contributed by atoms with E-state index in [1.165, 1.54) is 12.1 Å². The van der Waals surface area contributed by atoms with Crippen molar-refractivity contribution in [1.29, 1.82) is 0 Å². The third-order valence-corrected chi connectivity index (χ3v) is 5.04. The SMILES string of the molecule is CS(=O)(=O)c1ccc(OCc2ncn(C3CCNCC3)n2)c(F)c1. The molecule has 1 aliphatic rings. The van der Waals surface area contributed by atoms with Gasteiger partial charge in [-0.2, -0.15) is 5.10 Å². The highest BCUT2D eigenvalue weighted by atomic mass is 32.2. The minimum Gasteiger partial charge on any atom is -0.482 e. The Balaban J connectivity index is 1.65. The highest BCUT2D eigenvalue weighted by molar-refractivity contribution is 7.90. The molecule has 9 heteroatoms. The van der Waals surface area contributed by atoms with Crippen LogP contribution in [-0.2, 0) is 16.4 Å². The van der Waals surface area contributed by atoms with E-state index in [4.69, 9.17) is 4.74 Å². The maximum Gasteiger partial charge on any atom is 0.188 e. The van der Waals surface area contributed by atoms with Gasteiger partial charge in [0.25, 0.3) is 0 Å². The highest BCUT2D eigenvalue weighted by Gasteiger charge is 2.17. The van der Waals surface area contributed by atoms with Gasteiger partial charge in [0.2, 0.25) is 0 Å². The molecule has 0 unspecified atom stereocenters. The fourth-order valence-electron chi connectivity index (χ4n) is 2.60. The standard InChI is InChI=1S/C15H19FN4O3S/c1-24(21,22)12-2-3-14(13(16)8-12)23-9-15-18-10-20(19-15)11-4-6-17-7-5-11/h2-3,8,10-11,17H,4-7,9H2,1H3. The molecule has 2 heterocycles. The van der Waals surface area contributed by atoms with Crippen molar-refractivity contribution < 1.29 is 17.5 Å². The molecule has 130 valence electrons. The van der Waals surface area contributed by atoms with Crippen LogP contribution in [0.2, 0.25) is 0 Å². The van der Waals surface area contributed by atoms with Gasteiger partial charge in [-0.3, -0.25) is 0 Å². The normalized spacial score (nSPS) is 16.2.